The van der Waals surface area contributed by atoms with E-state index in [0.29, 0.717) is 303 Å². The molecule has 3 aromatic rings. The molecule has 0 bridgehead atoms. The first kappa shape index (κ1) is 88.4. The highest BCUT2D eigenvalue weighted by Gasteiger charge is 2.58. The van der Waals surface area contributed by atoms with Crippen molar-refractivity contribution in [3.8, 4) is 0 Å². The molecule has 0 spiro atoms. The van der Waals surface area contributed by atoms with Gasteiger partial charge in [0.05, 0.1) is 274 Å². The van der Waals surface area contributed by atoms with E-state index in [4.69, 9.17) is 114 Å². The van der Waals surface area contributed by atoms with Crippen LogP contribution in [0.15, 0.2) is 36.4 Å². The molecule has 0 unspecified atom stereocenters. The van der Waals surface area contributed by atoms with Gasteiger partial charge in [0.1, 0.15) is 0 Å². The molecule has 3 heterocycles. The van der Waals surface area contributed by atoms with Gasteiger partial charge in [-0.05, 0) is 93.7 Å². The molecule has 3 aliphatic rings. The van der Waals surface area contributed by atoms with Gasteiger partial charge >= 0.3 is 0 Å². The van der Waals surface area contributed by atoms with Gasteiger partial charge in [-0.3, -0.25) is 0 Å². The molecule has 6 rings (SSSR count). The van der Waals surface area contributed by atoms with Crippen molar-refractivity contribution in [3.05, 3.63) is 86.5 Å². The molecule has 590 valence electrons. The Labute approximate surface area is 615 Å². The van der Waals surface area contributed by atoms with Crippen molar-refractivity contribution in [2.45, 2.75) is 76.5 Å². The summed E-state index contributed by atoms with van der Waals surface area (Å²) in [6.07, 6.45) is 2.47. The standard InChI is InChI=1S/C78H129NO24/c1-10-84-28-30-94-48-50-100-52-54-102-62-78(63-103-55-53-101-51-49-95-31-29-85-11-2)71-60-65(4)58-69-74(71)79-73-67(76(69,12-16-86-32-36-96-44-40-90-24-20-80-6)13-17-87-33-37-97-45-41-91-25-21-81-7)56-64(3)57-68(73)77(70-59-66(5)61-72(78)75(70)79,14-18-88-34-38-98-46-42-92-26-22-82-8)15-19-89-35-39-99-47-43-93-27-23-83-9/h56-61H,10-55,62-63H2,1-9H3. The van der Waals surface area contributed by atoms with Crippen LogP contribution in [0.5, 0.6) is 0 Å². The van der Waals surface area contributed by atoms with E-state index in [-0.39, 0.29) is 13.2 Å². The van der Waals surface area contributed by atoms with E-state index >= 15 is 0 Å². The second-order valence-electron chi connectivity index (χ2n) is 25.5. The van der Waals surface area contributed by atoms with Crippen molar-refractivity contribution < 1.29 is 114 Å². The highest BCUT2D eigenvalue weighted by Crippen LogP contribution is 2.69. The molecule has 25 nitrogen and oxygen atoms in total. The van der Waals surface area contributed by atoms with E-state index in [1.807, 2.05) is 13.8 Å². The SMILES string of the molecule is CCOCCOCCOCCOCC1(COCCOCCOCCOCC)c2cc(C)cc3c2N2c4c(cc(C)cc4C(CCOCCOCCOCCOC)(CCOCCOCCOCCOC)c4cc(C)cc1c42)C3(CCOCCOCCOCCOC)CCOCCOCCOCCOC. The summed E-state index contributed by atoms with van der Waals surface area (Å²) in [5, 5.41) is 0. The average Bonchev–Trinajstić information content (AvgIpc) is 0.659. The summed E-state index contributed by atoms with van der Waals surface area (Å²) in [7, 11) is 6.66. The minimum atomic E-state index is -0.894. The third-order valence-electron chi connectivity index (χ3n) is 18.3. The van der Waals surface area contributed by atoms with Gasteiger partial charge in [-0.15, -0.1) is 0 Å². The lowest BCUT2D eigenvalue weighted by Gasteiger charge is -2.58. The molecule has 0 saturated carbocycles. The molecule has 0 amide bonds. The summed E-state index contributed by atoms with van der Waals surface area (Å²) in [5.41, 5.74) is 11.4. The van der Waals surface area contributed by atoms with Crippen LogP contribution in [0.1, 0.15) is 89.6 Å². The highest BCUT2D eigenvalue weighted by molar-refractivity contribution is 5.99. The zero-order chi connectivity index (χ0) is 73.2. The Balaban J connectivity index is 1.51. The lowest BCUT2D eigenvalue weighted by molar-refractivity contribution is -0.0245. The molecule has 25 heteroatoms. The van der Waals surface area contributed by atoms with E-state index in [0.717, 1.165) is 44.9 Å². The smallest absolute Gasteiger partial charge is 0.0710 e. The van der Waals surface area contributed by atoms with Crippen molar-refractivity contribution in [1.29, 1.82) is 0 Å². The quantitative estimate of drug-likeness (QED) is 0.0484. The van der Waals surface area contributed by atoms with Crippen LogP contribution in [0, 0.1) is 20.8 Å². The van der Waals surface area contributed by atoms with Crippen molar-refractivity contribution in [2.75, 3.05) is 324 Å². The van der Waals surface area contributed by atoms with Gasteiger partial charge in [0.25, 0.3) is 0 Å². The number of methoxy groups -OCH3 is 4. The molecule has 0 aliphatic carbocycles. The Morgan fingerprint density at radius 2 is 0.379 bits per heavy atom. The molecule has 0 saturated heterocycles. The van der Waals surface area contributed by atoms with Gasteiger partial charge in [-0.2, -0.15) is 0 Å². The van der Waals surface area contributed by atoms with Gasteiger partial charge in [0.2, 0.25) is 0 Å². The van der Waals surface area contributed by atoms with Crippen LogP contribution in [0.4, 0.5) is 17.1 Å². The first-order chi connectivity index (χ1) is 50.7. The number of nitrogens with zero attached hydrogens (tertiary/aromatic N) is 1. The Hall–Kier alpha value is -3.50. The van der Waals surface area contributed by atoms with Crippen molar-refractivity contribution in [2.24, 2.45) is 0 Å². The maximum absolute atomic E-state index is 7.10. The Bertz CT molecular complexity index is 2210. The van der Waals surface area contributed by atoms with Crippen LogP contribution in [0.25, 0.3) is 0 Å². The fraction of sp³-hybridized carbons (Fsp3) is 0.769. The van der Waals surface area contributed by atoms with Gasteiger partial charge in [0, 0.05) is 78.9 Å². The monoisotopic (exact) mass is 1460 g/mol. The van der Waals surface area contributed by atoms with Crippen LogP contribution >= 0.6 is 0 Å². The van der Waals surface area contributed by atoms with E-state index in [2.05, 4.69) is 62.1 Å². The zero-order valence-electron chi connectivity index (χ0n) is 64.2. The van der Waals surface area contributed by atoms with Crippen molar-refractivity contribution in [3.63, 3.8) is 0 Å². The van der Waals surface area contributed by atoms with Gasteiger partial charge in [0.15, 0.2) is 0 Å². The molecule has 3 aliphatic heterocycles. The minimum Gasteiger partial charge on any atom is -0.382 e. The average molecular weight is 1460 g/mol. The lowest BCUT2D eigenvalue weighted by Crippen LogP contribution is -2.51. The third kappa shape index (κ3) is 29.4. The van der Waals surface area contributed by atoms with Crippen LogP contribution in [-0.4, -0.2) is 319 Å². The predicted octanol–water partition coefficient (Wildman–Crippen LogP) is 8.40. The van der Waals surface area contributed by atoms with Crippen molar-refractivity contribution >= 4 is 17.1 Å². The number of rotatable bonds is 72. The molecule has 0 aromatic heterocycles. The molecule has 0 radical (unpaired) electrons. The summed E-state index contributed by atoms with van der Waals surface area (Å²) in [5.74, 6) is 0. The zero-order valence-corrected chi connectivity index (χ0v) is 64.2. The molecule has 3 aromatic carbocycles. The highest BCUT2D eigenvalue weighted by atomic mass is 16.6. The van der Waals surface area contributed by atoms with E-state index in [1.165, 1.54) is 22.3 Å². The lowest BCUT2D eigenvalue weighted by atomic mass is 9.56. The fourth-order valence-electron chi connectivity index (χ4n) is 13.3. The number of benzene rings is 3. The van der Waals surface area contributed by atoms with E-state index in [9.17, 15) is 0 Å². The molecular weight excluding hydrogens is 1330 g/mol. The number of aryl methyl sites for hydroxylation is 3. The maximum Gasteiger partial charge on any atom is 0.0710 e. The third-order valence-corrected chi connectivity index (χ3v) is 18.3. The topological polar surface area (TPSA) is 225 Å². The molecule has 0 fully saturated rings. The molecule has 0 N–H and O–H groups in total. The van der Waals surface area contributed by atoms with Crippen LogP contribution in [-0.2, 0) is 130 Å². The number of anilines is 3. The number of hydrogen-bond donors (Lipinski definition) is 0. The number of hydrogen-bond acceptors (Lipinski definition) is 25. The van der Waals surface area contributed by atoms with Gasteiger partial charge < -0.3 is 119 Å². The molecule has 103 heavy (non-hydrogen) atoms. The Morgan fingerprint density at radius 3 is 0.573 bits per heavy atom. The summed E-state index contributed by atoms with van der Waals surface area (Å²) >= 11 is 0. The molecular formula is C78H129NO24. The summed E-state index contributed by atoms with van der Waals surface area (Å²) < 4.78 is 144. The minimum absolute atomic E-state index is 0.269. The van der Waals surface area contributed by atoms with Crippen molar-refractivity contribution in [1.82, 2.24) is 0 Å². The maximum atomic E-state index is 7.10. The van der Waals surface area contributed by atoms with E-state index < -0.39 is 16.2 Å². The predicted molar refractivity (Wildman–Crippen MR) is 391 cm³/mol. The Morgan fingerprint density at radius 1 is 0.214 bits per heavy atom. The normalized spacial score (nSPS) is 14.4. The summed E-state index contributed by atoms with van der Waals surface area (Å²) in [4.78, 5) is 2.61. The Kier molecular flexibility index (Phi) is 46.5. The largest absolute Gasteiger partial charge is 0.382 e. The van der Waals surface area contributed by atoms with Crippen LogP contribution < -0.4 is 4.90 Å². The first-order valence-corrected chi connectivity index (χ1v) is 37.5. The van der Waals surface area contributed by atoms with Crippen LogP contribution in [0.2, 0.25) is 0 Å². The van der Waals surface area contributed by atoms with Crippen LogP contribution in [0.3, 0.4) is 0 Å². The van der Waals surface area contributed by atoms with E-state index in [1.54, 1.807) is 28.4 Å². The second-order valence-corrected chi connectivity index (χ2v) is 25.5. The van der Waals surface area contributed by atoms with Gasteiger partial charge in [-0.1, -0.05) is 53.1 Å². The van der Waals surface area contributed by atoms with Gasteiger partial charge in [-0.25, -0.2) is 0 Å². The summed E-state index contributed by atoms with van der Waals surface area (Å²) in [6.45, 7) is 30.3. The molecule has 0 atom stereocenters. The number of ether oxygens (including phenoxy) is 24. The fourth-order valence-corrected chi connectivity index (χ4v) is 13.3. The second kappa shape index (κ2) is 54.1. The summed E-state index contributed by atoms with van der Waals surface area (Å²) in [6, 6.07) is 14.4. The first-order valence-electron chi connectivity index (χ1n) is 37.5.